The number of aryl methyl sites for hydroxylation is 1. The molecule has 6 heteroatoms. The van der Waals surface area contributed by atoms with Gasteiger partial charge in [0.05, 0.1) is 5.60 Å². The van der Waals surface area contributed by atoms with Crippen molar-refractivity contribution in [3.05, 3.63) is 30.2 Å². The Morgan fingerprint density at radius 3 is 2.71 bits per heavy atom. The molecule has 0 bridgehead atoms. The number of hydrogen-bond acceptors (Lipinski definition) is 5. The van der Waals surface area contributed by atoms with E-state index >= 15 is 0 Å². The molecule has 2 aromatic rings. The first-order valence-electron chi connectivity index (χ1n) is 6.66. The molecule has 0 aliphatic heterocycles. The summed E-state index contributed by atoms with van der Waals surface area (Å²) in [6, 6.07) is 5.51. The number of anilines is 1. The molecule has 0 spiro atoms. The predicted molar refractivity (Wildman–Crippen MR) is 78.8 cm³/mol. The first-order valence-corrected chi connectivity index (χ1v) is 6.66. The molecule has 1 heterocycles. The molecule has 0 saturated heterocycles. The van der Waals surface area contributed by atoms with Crippen LogP contribution in [0.2, 0.25) is 0 Å². The standard InChI is InChI=1S/C15H19N3O3/c1-10-7-11(14-18-16-9-20-14)5-6-12(10)17-13(19)8-21-15(2,3)4/h5-7,9H,8H2,1-4H3,(H,17,19). The molecule has 0 radical (unpaired) electrons. The maximum absolute atomic E-state index is 11.8. The molecule has 1 aromatic heterocycles. The fourth-order valence-corrected chi connectivity index (χ4v) is 1.70. The molecule has 1 aromatic carbocycles. The lowest BCUT2D eigenvalue weighted by molar-refractivity contribution is -0.125. The molecule has 112 valence electrons. The summed E-state index contributed by atoms with van der Waals surface area (Å²) in [6.45, 7) is 7.65. The van der Waals surface area contributed by atoms with Gasteiger partial charge in [-0.05, 0) is 51.5 Å². The van der Waals surface area contributed by atoms with Gasteiger partial charge in [-0.15, -0.1) is 10.2 Å². The van der Waals surface area contributed by atoms with Crippen LogP contribution in [0.3, 0.4) is 0 Å². The summed E-state index contributed by atoms with van der Waals surface area (Å²) < 4.78 is 10.6. The predicted octanol–water partition coefficient (Wildman–Crippen LogP) is 2.80. The van der Waals surface area contributed by atoms with Gasteiger partial charge in [-0.1, -0.05) is 0 Å². The summed E-state index contributed by atoms with van der Waals surface area (Å²) in [5, 5.41) is 10.3. The van der Waals surface area contributed by atoms with Crippen molar-refractivity contribution in [3.63, 3.8) is 0 Å². The highest BCUT2D eigenvalue weighted by Gasteiger charge is 2.14. The van der Waals surface area contributed by atoms with Crippen molar-refractivity contribution in [2.75, 3.05) is 11.9 Å². The number of amides is 1. The largest absolute Gasteiger partial charge is 0.423 e. The van der Waals surface area contributed by atoms with E-state index in [0.29, 0.717) is 5.89 Å². The molecule has 2 rings (SSSR count). The number of carbonyl (C=O) groups is 1. The lowest BCUT2D eigenvalue weighted by Gasteiger charge is -2.19. The highest BCUT2D eigenvalue weighted by Crippen LogP contribution is 2.23. The van der Waals surface area contributed by atoms with Gasteiger partial charge in [0.1, 0.15) is 6.61 Å². The van der Waals surface area contributed by atoms with Gasteiger partial charge in [0.15, 0.2) is 0 Å². The number of aromatic nitrogens is 2. The fraction of sp³-hybridized carbons (Fsp3) is 0.400. The molecule has 1 N–H and O–H groups in total. The van der Waals surface area contributed by atoms with Gasteiger partial charge in [0, 0.05) is 11.3 Å². The van der Waals surface area contributed by atoms with E-state index < -0.39 is 0 Å². The number of benzene rings is 1. The van der Waals surface area contributed by atoms with E-state index in [9.17, 15) is 4.79 Å². The molecule has 6 nitrogen and oxygen atoms in total. The van der Waals surface area contributed by atoms with E-state index in [1.165, 1.54) is 6.39 Å². The second-order valence-corrected chi connectivity index (χ2v) is 5.72. The number of ether oxygens (including phenoxy) is 1. The van der Waals surface area contributed by atoms with E-state index in [1.807, 2.05) is 45.9 Å². The quantitative estimate of drug-likeness (QED) is 0.936. The van der Waals surface area contributed by atoms with Crippen LogP contribution < -0.4 is 5.32 Å². The van der Waals surface area contributed by atoms with Gasteiger partial charge in [-0.3, -0.25) is 4.79 Å². The third-order valence-electron chi connectivity index (χ3n) is 2.74. The van der Waals surface area contributed by atoms with Crippen LogP contribution in [0.1, 0.15) is 26.3 Å². The second-order valence-electron chi connectivity index (χ2n) is 5.72. The van der Waals surface area contributed by atoms with Crippen molar-refractivity contribution < 1.29 is 13.9 Å². The van der Waals surface area contributed by atoms with Crippen LogP contribution in [-0.2, 0) is 9.53 Å². The Kier molecular flexibility index (Phi) is 4.37. The lowest BCUT2D eigenvalue weighted by atomic mass is 10.1. The van der Waals surface area contributed by atoms with Crippen molar-refractivity contribution in [2.45, 2.75) is 33.3 Å². The van der Waals surface area contributed by atoms with Crippen LogP contribution in [0.15, 0.2) is 29.0 Å². The third kappa shape index (κ3) is 4.39. The van der Waals surface area contributed by atoms with Gasteiger partial charge >= 0.3 is 0 Å². The third-order valence-corrected chi connectivity index (χ3v) is 2.74. The molecule has 0 aliphatic carbocycles. The van der Waals surface area contributed by atoms with Crippen LogP contribution >= 0.6 is 0 Å². The maximum atomic E-state index is 11.8. The first kappa shape index (κ1) is 15.2. The van der Waals surface area contributed by atoms with E-state index in [1.54, 1.807) is 0 Å². The van der Waals surface area contributed by atoms with E-state index in [0.717, 1.165) is 16.8 Å². The maximum Gasteiger partial charge on any atom is 0.250 e. The average Bonchev–Trinajstić information content (AvgIpc) is 2.92. The molecule has 1 amide bonds. The van der Waals surface area contributed by atoms with Crippen LogP contribution in [0, 0.1) is 6.92 Å². The Morgan fingerprint density at radius 2 is 2.14 bits per heavy atom. The number of hydrogen-bond donors (Lipinski definition) is 1. The summed E-state index contributed by atoms with van der Waals surface area (Å²) in [7, 11) is 0. The van der Waals surface area contributed by atoms with Crippen molar-refractivity contribution in [1.82, 2.24) is 10.2 Å². The zero-order valence-electron chi connectivity index (χ0n) is 12.6. The highest BCUT2D eigenvalue weighted by molar-refractivity contribution is 5.92. The Hall–Kier alpha value is -2.21. The molecular formula is C15H19N3O3. The molecule has 0 aliphatic rings. The second kappa shape index (κ2) is 6.05. The van der Waals surface area contributed by atoms with Crippen molar-refractivity contribution in [1.29, 1.82) is 0 Å². The molecule has 0 atom stereocenters. The summed E-state index contributed by atoms with van der Waals surface area (Å²) in [5.41, 5.74) is 2.12. The Bertz CT molecular complexity index is 616. The highest BCUT2D eigenvalue weighted by atomic mass is 16.5. The molecule has 0 fully saturated rings. The van der Waals surface area contributed by atoms with Crippen molar-refractivity contribution in [3.8, 4) is 11.5 Å². The first-order chi connectivity index (χ1) is 9.85. The Morgan fingerprint density at radius 1 is 1.38 bits per heavy atom. The number of nitrogens with zero attached hydrogens (tertiary/aromatic N) is 2. The SMILES string of the molecule is Cc1cc(-c2nnco2)ccc1NC(=O)COC(C)(C)C. The molecule has 0 saturated carbocycles. The van der Waals surface area contributed by atoms with Gasteiger partial charge < -0.3 is 14.5 Å². The zero-order valence-corrected chi connectivity index (χ0v) is 12.6. The van der Waals surface area contributed by atoms with Gasteiger partial charge in [-0.25, -0.2) is 0 Å². The average molecular weight is 289 g/mol. The minimum atomic E-state index is -0.339. The van der Waals surface area contributed by atoms with Crippen LogP contribution in [-0.4, -0.2) is 28.3 Å². The number of nitrogens with one attached hydrogen (secondary N) is 1. The Balaban J connectivity index is 2.03. The monoisotopic (exact) mass is 289 g/mol. The summed E-state index contributed by atoms with van der Waals surface area (Å²) in [6.07, 6.45) is 1.28. The smallest absolute Gasteiger partial charge is 0.250 e. The molecular weight excluding hydrogens is 270 g/mol. The topological polar surface area (TPSA) is 77.3 Å². The molecule has 21 heavy (non-hydrogen) atoms. The van der Waals surface area contributed by atoms with Crippen LogP contribution in [0.5, 0.6) is 0 Å². The van der Waals surface area contributed by atoms with Crippen LogP contribution in [0.4, 0.5) is 5.69 Å². The van der Waals surface area contributed by atoms with E-state index in [4.69, 9.17) is 9.15 Å². The van der Waals surface area contributed by atoms with Crippen molar-refractivity contribution in [2.24, 2.45) is 0 Å². The fourth-order valence-electron chi connectivity index (χ4n) is 1.70. The number of carbonyl (C=O) groups excluding carboxylic acids is 1. The minimum Gasteiger partial charge on any atom is -0.423 e. The zero-order chi connectivity index (χ0) is 15.5. The van der Waals surface area contributed by atoms with Crippen LogP contribution in [0.25, 0.3) is 11.5 Å². The van der Waals surface area contributed by atoms with Gasteiger partial charge in [0.2, 0.25) is 18.2 Å². The Labute approximate surface area is 123 Å². The molecule has 0 unspecified atom stereocenters. The summed E-state index contributed by atoms with van der Waals surface area (Å²) in [4.78, 5) is 11.8. The normalized spacial score (nSPS) is 11.4. The lowest BCUT2D eigenvalue weighted by Crippen LogP contribution is -2.27. The van der Waals surface area contributed by atoms with Crippen molar-refractivity contribution >= 4 is 11.6 Å². The number of rotatable bonds is 4. The van der Waals surface area contributed by atoms with Gasteiger partial charge in [0.25, 0.3) is 0 Å². The van der Waals surface area contributed by atoms with E-state index in [-0.39, 0.29) is 18.1 Å². The van der Waals surface area contributed by atoms with Gasteiger partial charge in [-0.2, -0.15) is 0 Å². The summed E-state index contributed by atoms with van der Waals surface area (Å²) in [5.74, 6) is 0.269. The summed E-state index contributed by atoms with van der Waals surface area (Å²) >= 11 is 0. The minimum absolute atomic E-state index is 0.0222. The van der Waals surface area contributed by atoms with E-state index in [2.05, 4.69) is 15.5 Å².